The van der Waals surface area contributed by atoms with Gasteiger partial charge in [-0.05, 0) is 69.2 Å². The monoisotopic (exact) mass is 561 g/mol. The Balaban J connectivity index is 1.27. The van der Waals surface area contributed by atoms with Crippen LogP contribution in [0.25, 0.3) is 39.5 Å². The van der Waals surface area contributed by atoms with E-state index in [4.69, 9.17) is 20.4 Å². The summed E-state index contributed by atoms with van der Waals surface area (Å²) >= 11 is 0. The minimum atomic E-state index is -0.508. The van der Waals surface area contributed by atoms with Crippen LogP contribution in [0.15, 0.2) is 85.1 Å². The molecule has 9 nitrogen and oxygen atoms in total. The first-order valence-corrected chi connectivity index (χ1v) is 14.2. The fourth-order valence-corrected chi connectivity index (χ4v) is 5.34. The molecule has 0 bridgehead atoms. The second-order valence-corrected chi connectivity index (χ2v) is 11.6. The normalized spacial score (nSPS) is 15.6. The molecule has 6 rings (SSSR count). The number of nitrogens with zero attached hydrogens (tertiary/aromatic N) is 5. The van der Waals surface area contributed by atoms with Gasteiger partial charge < -0.3 is 15.8 Å². The molecule has 4 heterocycles. The van der Waals surface area contributed by atoms with Crippen molar-refractivity contribution in [3.63, 3.8) is 0 Å². The molecule has 42 heavy (non-hydrogen) atoms. The van der Waals surface area contributed by atoms with Crippen LogP contribution in [0.1, 0.15) is 32.8 Å². The van der Waals surface area contributed by atoms with E-state index in [2.05, 4.69) is 56.2 Å². The molecule has 1 amide bonds. The molecule has 3 N–H and O–H groups in total. The van der Waals surface area contributed by atoms with E-state index in [1.807, 2.05) is 63.2 Å². The Bertz CT molecular complexity index is 1710. The van der Waals surface area contributed by atoms with Gasteiger partial charge in [0.15, 0.2) is 11.5 Å². The molecular formula is C33H35N7O2. The lowest BCUT2D eigenvalue weighted by Gasteiger charge is -2.22. The zero-order valence-corrected chi connectivity index (χ0v) is 24.1. The average molecular weight is 562 g/mol. The van der Waals surface area contributed by atoms with Crippen LogP contribution in [0, 0.1) is 0 Å². The molecule has 3 aromatic heterocycles. The van der Waals surface area contributed by atoms with Crippen molar-refractivity contribution < 1.29 is 9.53 Å². The number of nitrogens with two attached hydrogens (primary N) is 1. The van der Waals surface area contributed by atoms with E-state index >= 15 is 0 Å². The number of hydrogen-bond acceptors (Lipinski definition) is 7. The average Bonchev–Trinajstić information content (AvgIpc) is 3.56. The van der Waals surface area contributed by atoms with Crippen LogP contribution in [-0.2, 0) is 11.3 Å². The number of alkyl carbamates (subject to hydrolysis) is 1. The minimum absolute atomic E-state index is 0.0776. The summed E-state index contributed by atoms with van der Waals surface area (Å²) < 4.78 is 7.47. The maximum atomic E-state index is 12.2. The van der Waals surface area contributed by atoms with Crippen LogP contribution in [0.4, 0.5) is 10.6 Å². The van der Waals surface area contributed by atoms with E-state index < -0.39 is 5.60 Å². The van der Waals surface area contributed by atoms with Crippen molar-refractivity contribution >= 4 is 23.1 Å². The summed E-state index contributed by atoms with van der Waals surface area (Å²) in [6.45, 7) is 8.09. The number of carbonyl (C=O) groups excluding carboxylic acids is 1. The zero-order valence-electron chi connectivity index (χ0n) is 24.1. The van der Waals surface area contributed by atoms with Crippen LogP contribution < -0.4 is 11.1 Å². The number of ether oxygens (including phenoxy) is 1. The quantitative estimate of drug-likeness (QED) is 0.268. The number of imidazole rings is 1. The lowest BCUT2D eigenvalue weighted by molar-refractivity contribution is 0.0505. The molecule has 9 heteroatoms. The molecule has 5 aromatic rings. The largest absolute Gasteiger partial charge is 0.444 e. The number of amides is 1. The highest BCUT2D eigenvalue weighted by atomic mass is 16.6. The molecule has 1 atom stereocenters. The highest BCUT2D eigenvalue weighted by molar-refractivity contribution is 5.84. The topological polar surface area (TPSA) is 111 Å². The van der Waals surface area contributed by atoms with Gasteiger partial charge in [-0.3, -0.25) is 9.47 Å². The first-order valence-electron chi connectivity index (χ1n) is 14.2. The summed E-state index contributed by atoms with van der Waals surface area (Å²) in [4.78, 5) is 28.8. The van der Waals surface area contributed by atoms with Gasteiger partial charge in [0.2, 0.25) is 0 Å². The van der Waals surface area contributed by atoms with Crippen molar-refractivity contribution in [3.8, 4) is 28.3 Å². The molecule has 214 valence electrons. The van der Waals surface area contributed by atoms with Gasteiger partial charge in [0, 0.05) is 43.1 Å². The number of pyridine rings is 2. The van der Waals surface area contributed by atoms with Gasteiger partial charge in [0.05, 0.1) is 11.3 Å². The fraction of sp³-hybridized carbons (Fsp3) is 0.273. The fourth-order valence-electron chi connectivity index (χ4n) is 5.34. The van der Waals surface area contributed by atoms with Gasteiger partial charge in [0.25, 0.3) is 0 Å². The van der Waals surface area contributed by atoms with Gasteiger partial charge in [-0.15, -0.1) is 0 Å². The van der Waals surface area contributed by atoms with Crippen molar-refractivity contribution in [2.24, 2.45) is 0 Å². The van der Waals surface area contributed by atoms with Gasteiger partial charge in [-0.2, -0.15) is 0 Å². The number of rotatable bonds is 6. The number of anilines is 1. The van der Waals surface area contributed by atoms with Crippen LogP contribution >= 0.6 is 0 Å². The second-order valence-electron chi connectivity index (χ2n) is 11.6. The predicted molar refractivity (Wildman–Crippen MR) is 165 cm³/mol. The van der Waals surface area contributed by atoms with Crippen molar-refractivity contribution in [3.05, 3.63) is 90.6 Å². The first kappa shape index (κ1) is 27.4. The molecule has 2 aromatic carbocycles. The van der Waals surface area contributed by atoms with Crippen LogP contribution in [0.2, 0.25) is 0 Å². The van der Waals surface area contributed by atoms with Crippen LogP contribution in [0.3, 0.4) is 0 Å². The van der Waals surface area contributed by atoms with E-state index in [1.165, 1.54) is 5.56 Å². The number of benzene rings is 2. The number of fused-ring (bicyclic) bond motifs is 1. The zero-order chi connectivity index (χ0) is 29.3. The molecule has 1 aliphatic rings. The Hall–Kier alpha value is -4.76. The molecule has 0 saturated carbocycles. The van der Waals surface area contributed by atoms with Crippen molar-refractivity contribution in [2.45, 2.75) is 45.4 Å². The molecule has 1 unspecified atom stereocenters. The lowest BCUT2D eigenvalue weighted by atomic mass is 10.1. The third-order valence-corrected chi connectivity index (χ3v) is 7.25. The van der Waals surface area contributed by atoms with Gasteiger partial charge in [0.1, 0.15) is 16.9 Å². The third kappa shape index (κ3) is 5.96. The maximum absolute atomic E-state index is 12.2. The third-order valence-electron chi connectivity index (χ3n) is 7.25. The number of likely N-dealkylation sites (tertiary alicyclic amines) is 1. The summed E-state index contributed by atoms with van der Waals surface area (Å²) in [7, 11) is 0. The van der Waals surface area contributed by atoms with E-state index in [0.717, 1.165) is 59.7 Å². The molecule has 1 saturated heterocycles. The second kappa shape index (κ2) is 11.3. The minimum Gasteiger partial charge on any atom is -0.444 e. The highest BCUT2D eigenvalue weighted by Gasteiger charge is 2.26. The summed E-state index contributed by atoms with van der Waals surface area (Å²) in [6, 6.07) is 26.4. The van der Waals surface area contributed by atoms with E-state index in [1.54, 1.807) is 6.20 Å². The Morgan fingerprint density at radius 3 is 2.52 bits per heavy atom. The number of hydrogen-bond donors (Lipinski definition) is 2. The maximum Gasteiger partial charge on any atom is 0.407 e. The Labute approximate surface area is 245 Å². The van der Waals surface area contributed by atoms with E-state index in [0.29, 0.717) is 11.6 Å². The van der Waals surface area contributed by atoms with Gasteiger partial charge in [-0.1, -0.05) is 42.5 Å². The Morgan fingerprint density at radius 2 is 1.79 bits per heavy atom. The van der Waals surface area contributed by atoms with Crippen molar-refractivity contribution in [2.75, 3.05) is 18.8 Å². The smallest absolute Gasteiger partial charge is 0.407 e. The molecule has 1 aliphatic heterocycles. The summed E-state index contributed by atoms with van der Waals surface area (Å²) in [6.07, 6.45) is 2.21. The molecule has 1 fully saturated rings. The predicted octanol–water partition coefficient (Wildman–Crippen LogP) is 5.83. The molecule has 0 aliphatic carbocycles. The van der Waals surface area contributed by atoms with Crippen LogP contribution in [0.5, 0.6) is 0 Å². The Morgan fingerprint density at radius 1 is 1.00 bits per heavy atom. The summed E-state index contributed by atoms with van der Waals surface area (Å²) in [5, 5.41) is 3.00. The Kier molecular flexibility index (Phi) is 7.34. The summed E-state index contributed by atoms with van der Waals surface area (Å²) in [5.41, 5.74) is 12.1. The van der Waals surface area contributed by atoms with Crippen molar-refractivity contribution in [1.29, 1.82) is 0 Å². The van der Waals surface area contributed by atoms with Gasteiger partial charge >= 0.3 is 6.09 Å². The van der Waals surface area contributed by atoms with E-state index in [-0.39, 0.29) is 12.1 Å². The standard InChI is InChI=1S/C33H35N7O2/c1-33(2,3)42-32(41)36-24-17-19-39(21-24)20-22-11-13-25(14-12-22)40-30(26-10-7-18-35-29(26)34)38-28-16-15-27(37-31(28)40)23-8-5-4-6-9-23/h4-16,18,24H,17,19-21H2,1-3H3,(H2,34,35)(H,36,41). The number of nitrogens with one attached hydrogen (secondary N) is 1. The molecule has 0 radical (unpaired) electrons. The highest BCUT2D eigenvalue weighted by Crippen LogP contribution is 2.32. The van der Waals surface area contributed by atoms with E-state index in [9.17, 15) is 4.79 Å². The number of carbonyl (C=O) groups is 1. The molecule has 0 spiro atoms. The lowest BCUT2D eigenvalue weighted by Crippen LogP contribution is -2.40. The van der Waals surface area contributed by atoms with Gasteiger partial charge in [-0.25, -0.2) is 19.7 Å². The number of nitrogen functional groups attached to an aromatic ring is 1. The van der Waals surface area contributed by atoms with Crippen molar-refractivity contribution in [1.82, 2.24) is 29.7 Å². The summed E-state index contributed by atoms with van der Waals surface area (Å²) in [5.74, 6) is 1.11. The first-order chi connectivity index (χ1) is 20.2. The number of aromatic nitrogens is 4. The SMILES string of the molecule is CC(C)(C)OC(=O)NC1CCN(Cc2ccc(-n3c(-c4cccnc4N)nc4ccc(-c5ccccc5)nc43)cc2)C1. The van der Waals surface area contributed by atoms with Crippen LogP contribution in [-0.4, -0.2) is 55.2 Å². The molecular weight excluding hydrogens is 526 g/mol.